The van der Waals surface area contributed by atoms with Gasteiger partial charge in [-0.3, -0.25) is 9.59 Å². The van der Waals surface area contributed by atoms with Crippen molar-refractivity contribution in [3.8, 4) is 0 Å². The van der Waals surface area contributed by atoms with Crippen LogP contribution in [0, 0.1) is 6.92 Å². The molecule has 2 N–H and O–H groups in total. The quantitative estimate of drug-likeness (QED) is 0.825. The maximum Gasteiger partial charge on any atom is 0.264 e. The van der Waals surface area contributed by atoms with Crippen LogP contribution in [-0.2, 0) is 0 Å². The number of carbonyl (C=O) groups is 1. The Hall–Kier alpha value is -1.69. The first-order chi connectivity index (χ1) is 8.90. The zero-order valence-electron chi connectivity index (χ0n) is 11.4. The van der Waals surface area contributed by atoms with E-state index in [0.717, 1.165) is 12.8 Å². The lowest BCUT2D eigenvalue weighted by Crippen LogP contribution is -2.37. The number of hydrogen-bond donors (Lipinski definition) is 2. The highest BCUT2D eigenvalue weighted by molar-refractivity contribution is 5.94. The van der Waals surface area contributed by atoms with E-state index in [1.807, 2.05) is 0 Å². The molecule has 1 aliphatic rings. The number of hydrogen-bond acceptors (Lipinski definition) is 4. The molecule has 1 fully saturated rings. The highest BCUT2D eigenvalue weighted by atomic mass is 16.3. The lowest BCUT2D eigenvalue weighted by molar-refractivity contribution is 0.0700. The molecule has 1 saturated carbocycles. The van der Waals surface area contributed by atoms with Crippen LogP contribution in [0.15, 0.2) is 4.79 Å². The molecule has 0 aliphatic heterocycles. The van der Waals surface area contributed by atoms with Gasteiger partial charge in [-0.25, -0.2) is 4.98 Å². The van der Waals surface area contributed by atoms with Gasteiger partial charge in [0, 0.05) is 19.5 Å². The van der Waals surface area contributed by atoms with Gasteiger partial charge in [-0.2, -0.15) is 0 Å². The van der Waals surface area contributed by atoms with Crippen LogP contribution in [0.4, 0.5) is 0 Å². The Morgan fingerprint density at radius 3 is 2.68 bits per heavy atom. The maximum absolute atomic E-state index is 12.2. The van der Waals surface area contributed by atoms with E-state index in [4.69, 9.17) is 0 Å². The van der Waals surface area contributed by atoms with Gasteiger partial charge in [-0.15, -0.1) is 0 Å². The van der Waals surface area contributed by atoms with Crippen LogP contribution in [-0.4, -0.2) is 45.6 Å². The van der Waals surface area contributed by atoms with Gasteiger partial charge in [-0.05, 0) is 26.7 Å². The van der Waals surface area contributed by atoms with Crippen LogP contribution >= 0.6 is 0 Å². The highest BCUT2D eigenvalue weighted by Crippen LogP contribution is 2.37. The van der Waals surface area contributed by atoms with E-state index in [9.17, 15) is 14.7 Å². The van der Waals surface area contributed by atoms with E-state index in [2.05, 4.69) is 9.97 Å². The number of aliphatic hydroxyl groups excluding tert-OH is 1. The molecule has 6 nitrogen and oxygen atoms in total. The molecule has 0 spiro atoms. The Morgan fingerprint density at radius 2 is 2.21 bits per heavy atom. The van der Waals surface area contributed by atoms with Gasteiger partial charge in [0.05, 0.1) is 11.8 Å². The van der Waals surface area contributed by atoms with Gasteiger partial charge in [0.1, 0.15) is 11.4 Å². The van der Waals surface area contributed by atoms with Crippen molar-refractivity contribution in [3.63, 3.8) is 0 Å². The molecule has 0 saturated heterocycles. The molecule has 0 aromatic carbocycles. The summed E-state index contributed by atoms with van der Waals surface area (Å²) in [4.78, 5) is 32.5. The Morgan fingerprint density at radius 1 is 1.58 bits per heavy atom. The fraction of sp³-hybridized carbons (Fsp3) is 0.615. The molecule has 0 bridgehead atoms. The van der Waals surface area contributed by atoms with Gasteiger partial charge in [0.25, 0.3) is 11.5 Å². The van der Waals surface area contributed by atoms with Gasteiger partial charge in [-0.1, -0.05) is 0 Å². The number of likely N-dealkylation sites (N-methyl/N-ethyl adjacent to an activating group) is 1. The summed E-state index contributed by atoms with van der Waals surface area (Å²) in [5.74, 6) is 0.609. The van der Waals surface area contributed by atoms with Crippen molar-refractivity contribution in [1.82, 2.24) is 14.9 Å². The van der Waals surface area contributed by atoms with Crippen molar-refractivity contribution in [2.45, 2.75) is 38.7 Å². The molecule has 1 aromatic heterocycles. The van der Waals surface area contributed by atoms with Crippen molar-refractivity contribution >= 4 is 5.91 Å². The summed E-state index contributed by atoms with van der Waals surface area (Å²) in [5.41, 5.74) is 0.123. The monoisotopic (exact) mass is 265 g/mol. The summed E-state index contributed by atoms with van der Waals surface area (Å²) < 4.78 is 0. The second kappa shape index (κ2) is 5.13. The number of aliphatic hydroxyl groups is 1. The molecule has 1 amide bonds. The summed E-state index contributed by atoms with van der Waals surface area (Å²) >= 11 is 0. The third-order valence-electron chi connectivity index (χ3n) is 3.18. The maximum atomic E-state index is 12.2. The number of rotatable bonds is 4. The third kappa shape index (κ3) is 3.01. The number of nitrogens with one attached hydrogen (secondary N) is 1. The predicted molar refractivity (Wildman–Crippen MR) is 70.2 cm³/mol. The summed E-state index contributed by atoms with van der Waals surface area (Å²) in [5, 5.41) is 9.29. The molecule has 1 unspecified atom stereocenters. The molecule has 1 aliphatic carbocycles. The lowest BCUT2D eigenvalue weighted by atomic mass is 10.2. The molecular formula is C13H19N3O3. The standard InChI is InChI=1S/C13H19N3O3/c1-7(17)6-16(3)13(19)10-8(2)14-11(9-4-5-9)15-12(10)18/h7,9,17H,4-6H2,1-3H3,(H,14,15,18). The second-order valence-corrected chi connectivity index (χ2v) is 5.22. The van der Waals surface area contributed by atoms with E-state index in [0.29, 0.717) is 17.4 Å². The van der Waals surface area contributed by atoms with Crippen molar-refractivity contribution in [2.75, 3.05) is 13.6 Å². The molecule has 1 heterocycles. The van der Waals surface area contributed by atoms with E-state index in [1.165, 1.54) is 4.90 Å². The van der Waals surface area contributed by atoms with Crippen LogP contribution in [0.3, 0.4) is 0 Å². The van der Waals surface area contributed by atoms with E-state index >= 15 is 0 Å². The summed E-state index contributed by atoms with van der Waals surface area (Å²) in [7, 11) is 1.56. The molecule has 1 aromatic rings. The zero-order valence-corrected chi connectivity index (χ0v) is 11.4. The first-order valence-electron chi connectivity index (χ1n) is 6.44. The Labute approximate surface area is 111 Å². The molecule has 104 valence electrons. The Bertz CT molecular complexity index is 547. The van der Waals surface area contributed by atoms with E-state index < -0.39 is 17.6 Å². The van der Waals surface area contributed by atoms with Gasteiger partial charge in [0.2, 0.25) is 0 Å². The van der Waals surface area contributed by atoms with E-state index in [-0.39, 0.29) is 12.1 Å². The number of amides is 1. The molecule has 6 heteroatoms. The smallest absolute Gasteiger partial charge is 0.264 e. The van der Waals surface area contributed by atoms with Crippen molar-refractivity contribution in [3.05, 3.63) is 27.4 Å². The molecular weight excluding hydrogens is 246 g/mol. The minimum atomic E-state index is -0.632. The largest absolute Gasteiger partial charge is 0.392 e. The van der Waals surface area contributed by atoms with Crippen molar-refractivity contribution in [2.24, 2.45) is 0 Å². The van der Waals surface area contributed by atoms with Crippen LogP contribution in [0.25, 0.3) is 0 Å². The average Bonchev–Trinajstić information content (AvgIpc) is 3.10. The number of carbonyl (C=O) groups excluding carboxylic acids is 1. The Kier molecular flexibility index (Phi) is 3.71. The Balaban J connectivity index is 2.29. The van der Waals surface area contributed by atoms with E-state index in [1.54, 1.807) is 20.9 Å². The third-order valence-corrected chi connectivity index (χ3v) is 3.18. The molecule has 1 atom stereocenters. The number of aryl methyl sites for hydroxylation is 1. The average molecular weight is 265 g/mol. The topological polar surface area (TPSA) is 86.3 Å². The minimum absolute atomic E-state index is 0.0625. The summed E-state index contributed by atoms with van der Waals surface area (Å²) in [6.45, 7) is 3.45. The van der Waals surface area contributed by atoms with Crippen LogP contribution in [0.1, 0.15) is 47.6 Å². The second-order valence-electron chi connectivity index (χ2n) is 5.22. The number of aromatic nitrogens is 2. The predicted octanol–water partition coefficient (Wildman–Crippen LogP) is 0.409. The zero-order chi connectivity index (χ0) is 14.2. The fourth-order valence-corrected chi connectivity index (χ4v) is 2.08. The normalized spacial score (nSPS) is 16.2. The van der Waals surface area contributed by atoms with Crippen molar-refractivity contribution in [1.29, 1.82) is 0 Å². The number of nitrogens with zero attached hydrogens (tertiary/aromatic N) is 2. The van der Waals surface area contributed by atoms with Gasteiger partial charge in [0.15, 0.2) is 0 Å². The molecule has 0 radical (unpaired) electrons. The SMILES string of the molecule is Cc1nc(C2CC2)[nH]c(=O)c1C(=O)N(C)CC(C)O. The molecule has 19 heavy (non-hydrogen) atoms. The first kappa shape index (κ1) is 13.7. The van der Waals surface area contributed by atoms with Crippen molar-refractivity contribution < 1.29 is 9.90 Å². The first-order valence-corrected chi connectivity index (χ1v) is 6.44. The minimum Gasteiger partial charge on any atom is -0.392 e. The van der Waals surface area contributed by atoms with Gasteiger partial charge >= 0.3 is 0 Å². The number of aromatic amines is 1. The molecule has 2 rings (SSSR count). The summed E-state index contributed by atoms with van der Waals surface area (Å²) in [6.07, 6.45) is 1.45. The summed E-state index contributed by atoms with van der Waals surface area (Å²) in [6, 6.07) is 0. The number of H-pyrrole nitrogens is 1. The van der Waals surface area contributed by atoms with Crippen LogP contribution in [0.5, 0.6) is 0 Å². The fourth-order valence-electron chi connectivity index (χ4n) is 2.08. The highest BCUT2D eigenvalue weighted by Gasteiger charge is 2.28. The van der Waals surface area contributed by atoms with Crippen LogP contribution < -0.4 is 5.56 Å². The van der Waals surface area contributed by atoms with Crippen LogP contribution in [0.2, 0.25) is 0 Å². The van der Waals surface area contributed by atoms with Gasteiger partial charge < -0.3 is 15.0 Å². The lowest BCUT2D eigenvalue weighted by Gasteiger charge is -2.19.